The topological polar surface area (TPSA) is 65.5 Å². The van der Waals surface area contributed by atoms with Gasteiger partial charge in [0, 0.05) is 31.2 Å². The molecule has 0 aliphatic carbocycles. The Bertz CT molecular complexity index is 1060. The van der Waals surface area contributed by atoms with Crippen LogP contribution in [0.5, 0.6) is 0 Å². The fourth-order valence-corrected chi connectivity index (χ4v) is 5.17. The van der Waals surface area contributed by atoms with Gasteiger partial charge in [0.05, 0.1) is 20.8 Å². The van der Waals surface area contributed by atoms with E-state index in [1.54, 1.807) is 29.5 Å². The molecule has 27 heavy (non-hydrogen) atoms. The predicted octanol–water partition coefficient (Wildman–Crippen LogP) is 3.50. The Morgan fingerprint density at radius 2 is 1.78 bits per heavy atom. The highest BCUT2D eigenvalue weighted by Crippen LogP contribution is 2.32. The molecule has 142 valence electrons. The molecule has 1 aliphatic heterocycles. The van der Waals surface area contributed by atoms with E-state index in [1.807, 2.05) is 12.1 Å². The summed E-state index contributed by atoms with van der Waals surface area (Å²) in [5, 5.41) is 1.48. The van der Waals surface area contributed by atoms with Crippen molar-refractivity contribution < 1.29 is 8.42 Å². The highest BCUT2D eigenvalue weighted by atomic mass is 35.5. The zero-order chi connectivity index (χ0) is 19.0. The molecule has 1 fully saturated rings. The lowest BCUT2D eigenvalue weighted by atomic mass is 10.3. The molecule has 2 heterocycles. The normalized spacial score (nSPS) is 16.0. The number of nitrogens with one attached hydrogen (secondary N) is 1. The number of hydrogen-bond donors (Lipinski definition) is 1. The van der Waals surface area contributed by atoms with Gasteiger partial charge in [-0.2, -0.15) is 0 Å². The standard InChI is InChI=1S/C18H19ClN4O2S2/c1-22-8-10-23(11-9-22)18-20-16-7-4-14(12-17(16)26-18)21-27(24,25)15-5-2-13(19)3-6-15/h2-7,12,21H,8-11H2,1H3. The van der Waals surface area contributed by atoms with Gasteiger partial charge in [-0.05, 0) is 49.5 Å². The first kappa shape index (κ1) is 18.5. The van der Waals surface area contributed by atoms with Crippen molar-refractivity contribution in [1.29, 1.82) is 0 Å². The van der Waals surface area contributed by atoms with Crippen LogP contribution in [0.1, 0.15) is 0 Å². The molecule has 0 radical (unpaired) electrons. The maximum atomic E-state index is 12.6. The Hall–Kier alpha value is -1.87. The first-order valence-corrected chi connectivity index (χ1v) is 11.2. The van der Waals surface area contributed by atoms with E-state index in [0.717, 1.165) is 41.5 Å². The van der Waals surface area contributed by atoms with E-state index in [9.17, 15) is 8.42 Å². The number of rotatable bonds is 4. The molecule has 0 amide bonds. The van der Waals surface area contributed by atoms with Crippen LogP contribution >= 0.6 is 22.9 Å². The second-order valence-corrected chi connectivity index (χ2v) is 9.66. The van der Waals surface area contributed by atoms with Gasteiger partial charge in [0.25, 0.3) is 10.0 Å². The SMILES string of the molecule is CN1CCN(c2nc3ccc(NS(=O)(=O)c4ccc(Cl)cc4)cc3s2)CC1. The van der Waals surface area contributed by atoms with Gasteiger partial charge >= 0.3 is 0 Å². The number of nitrogens with zero attached hydrogens (tertiary/aromatic N) is 3. The molecule has 0 unspecified atom stereocenters. The molecule has 3 aromatic rings. The molecule has 2 aromatic carbocycles. The van der Waals surface area contributed by atoms with E-state index in [0.29, 0.717) is 10.7 Å². The lowest BCUT2D eigenvalue weighted by molar-refractivity contribution is 0.313. The highest BCUT2D eigenvalue weighted by molar-refractivity contribution is 7.92. The first-order chi connectivity index (χ1) is 12.9. The number of thiazole rings is 1. The summed E-state index contributed by atoms with van der Waals surface area (Å²) in [4.78, 5) is 9.46. The predicted molar refractivity (Wildman–Crippen MR) is 112 cm³/mol. The Morgan fingerprint density at radius 3 is 2.48 bits per heavy atom. The smallest absolute Gasteiger partial charge is 0.261 e. The van der Waals surface area contributed by atoms with Crippen LogP contribution < -0.4 is 9.62 Å². The van der Waals surface area contributed by atoms with Crippen molar-refractivity contribution in [1.82, 2.24) is 9.88 Å². The third kappa shape index (κ3) is 4.03. The molecule has 0 atom stereocenters. The molecule has 6 nitrogen and oxygen atoms in total. The largest absolute Gasteiger partial charge is 0.345 e. The van der Waals surface area contributed by atoms with Gasteiger partial charge in [0.1, 0.15) is 0 Å². The number of halogens is 1. The van der Waals surface area contributed by atoms with Crippen molar-refractivity contribution >= 4 is 54.0 Å². The zero-order valence-electron chi connectivity index (χ0n) is 14.7. The minimum absolute atomic E-state index is 0.175. The van der Waals surface area contributed by atoms with Gasteiger partial charge in [-0.3, -0.25) is 4.72 Å². The summed E-state index contributed by atoms with van der Waals surface area (Å²) in [5.74, 6) is 0. The highest BCUT2D eigenvalue weighted by Gasteiger charge is 2.19. The Balaban J connectivity index is 1.57. The molecule has 0 spiro atoms. The van der Waals surface area contributed by atoms with E-state index < -0.39 is 10.0 Å². The minimum atomic E-state index is -3.66. The summed E-state index contributed by atoms with van der Waals surface area (Å²) in [7, 11) is -1.54. The van der Waals surface area contributed by atoms with Crippen LogP contribution in [0, 0.1) is 0 Å². The zero-order valence-corrected chi connectivity index (χ0v) is 17.1. The molecule has 0 saturated carbocycles. The second kappa shape index (κ2) is 7.27. The summed E-state index contributed by atoms with van der Waals surface area (Å²) in [6, 6.07) is 11.5. The van der Waals surface area contributed by atoms with E-state index in [4.69, 9.17) is 16.6 Å². The van der Waals surface area contributed by atoms with E-state index >= 15 is 0 Å². The number of hydrogen-bond acceptors (Lipinski definition) is 6. The third-order valence-corrected chi connectivity index (χ3v) is 7.26. The number of anilines is 2. The monoisotopic (exact) mass is 422 g/mol. The summed E-state index contributed by atoms with van der Waals surface area (Å²) in [5.41, 5.74) is 1.40. The van der Waals surface area contributed by atoms with Gasteiger partial charge in [0.2, 0.25) is 0 Å². The van der Waals surface area contributed by atoms with E-state index in [1.165, 1.54) is 12.1 Å². The average Bonchev–Trinajstić information content (AvgIpc) is 3.05. The quantitative estimate of drug-likeness (QED) is 0.697. The van der Waals surface area contributed by atoms with Crippen LogP contribution in [0.25, 0.3) is 10.2 Å². The van der Waals surface area contributed by atoms with Crippen LogP contribution in [0.4, 0.5) is 10.8 Å². The van der Waals surface area contributed by atoms with Crippen LogP contribution in [0.2, 0.25) is 5.02 Å². The van der Waals surface area contributed by atoms with Crippen molar-refractivity contribution in [3.8, 4) is 0 Å². The van der Waals surface area contributed by atoms with Crippen molar-refractivity contribution in [2.24, 2.45) is 0 Å². The van der Waals surface area contributed by atoms with Gasteiger partial charge < -0.3 is 9.80 Å². The van der Waals surface area contributed by atoms with Gasteiger partial charge in [0.15, 0.2) is 5.13 Å². The summed E-state index contributed by atoms with van der Waals surface area (Å²) < 4.78 is 28.7. The van der Waals surface area contributed by atoms with Crippen molar-refractivity contribution in [3.05, 3.63) is 47.5 Å². The Morgan fingerprint density at radius 1 is 1.07 bits per heavy atom. The number of sulfonamides is 1. The second-order valence-electron chi connectivity index (χ2n) is 6.53. The van der Waals surface area contributed by atoms with Crippen molar-refractivity contribution in [2.45, 2.75) is 4.90 Å². The van der Waals surface area contributed by atoms with Gasteiger partial charge in [-0.25, -0.2) is 13.4 Å². The van der Waals surface area contributed by atoms with Crippen LogP contribution in [-0.4, -0.2) is 51.5 Å². The summed E-state index contributed by atoms with van der Waals surface area (Å²) in [6.45, 7) is 3.93. The average molecular weight is 423 g/mol. The van der Waals surface area contributed by atoms with Crippen molar-refractivity contribution in [3.63, 3.8) is 0 Å². The van der Waals surface area contributed by atoms with E-state index in [2.05, 4.69) is 21.6 Å². The fourth-order valence-electron chi connectivity index (χ4n) is 2.94. The molecule has 1 aliphatic rings. The Labute approximate surface area is 167 Å². The maximum Gasteiger partial charge on any atom is 0.261 e. The van der Waals surface area contributed by atoms with Gasteiger partial charge in [-0.15, -0.1) is 0 Å². The molecule has 0 bridgehead atoms. The Kier molecular flexibility index (Phi) is 4.98. The number of likely N-dealkylation sites (N-methyl/N-ethyl adjacent to an activating group) is 1. The molecule has 4 rings (SSSR count). The van der Waals surface area contributed by atoms with Crippen LogP contribution in [0.3, 0.4) is 0 Å². The molecule has 1 saturated heterocycles. The third-order valence-electron chi connectivity index (χ3n) is 4.53. The first-order valence-electron chi connectivity index (χ1n) is 8.53. The minimum Gasteiger partial charge on any atom is -0.345 e. The van der Waals surface area contributed by atoms with E-state index in [-0.39, 0.29) is 4.90 Å². The van der Waals surface area contributed by atoms with Gasteiger partial charge in [-0.1, -0.05) is 22.9 Å². The molecule has 9 heteroatoms. The number of piperazine rings is 1. The fraction of sp³-hybridized carbons (Fsp3) is 0.278. The number of benzene rings is 2. The molecular formula is C18H19ClN4O2S2. The molecule has 1 N–H and O–H groups in total. The van der Waals surface area contributed by atoms with Crippen LogP contribution in [0.15, 0.2) is 47.4 Å². The van der Waals surface area contributed by atoms with Crippen molar-refractivity contribution in [2.75, 3.05) is 42.8 Å². The lowest BCUT2D eigenvalue weighted by Gasteiger charge is -2.31. The number of aromatic nitrogens is 1. The lowest BCUT2D eigenvalue weighted by Crippen LogP contribution is -2.44. The maximum absolute atomic E-state index is 12.6. The van der Waals surface area contributed by atoms with Crippen LogP contribution in [-0.2, 0) is 10.0 Å². The molecule has 1 aromatic heterocycles. The number of fused-ring (bicyclic) bond motifs is 1. The summed E-state index contributed by atoms with van der Waals surface area (Å²) in [6.07, 6.45) is 0. The summed E-state index contributed by atoms with van der Waals surface area (Å²) >= 11 is 7.42. The molecular weight excluding hydrogens is 404 g/mol.